The molecule has 18 heavy (non-hydrogen) atoms. The van der Waals surface area contributed by atoms with Gasteiger partial charge in [-0.05, 0) is 23.9 Å². The monoisotopic (exact) mass is 328 g/mol. The first kappa shape index (κ1) is 12.0. The van der Waals surface area contributed by atoms with Crippen LogP contribution in [0.15, 0.2) is 51.9 Å². The zero-order valence-electron chi connectivity index (χ0n) is 9.17. The number of ether oxygens (including phenoxy) is 1. The van der Waals surface area contributed by atoms with Crippen LogP contribution in [0.25, 0.3) is 0 Å². The summed E-state index contributed by atoms with van der Waals surface area (Å²) in [4.78, 5) is 2.76. The van der Waals surface area contributed by atoms with Gasteiger partial charge in [-0.3, -0.25) is 0 Å². The van der Waals surface area contributed by atoms with Gasteiger partial charge in [0.15, 0.2) is 5.09 Å². The van der Waals surface area contributed by atoms with E-state index < -0.39 is 0 Å². The number of rotatable bonds is 0. The molecule has 0 saturated heterocycles. The Labute approximate surface area is 127 Å². The lowest BCUT2D eigenvalue weighted by Gasteiger charge is -2.11. The largest absolute Gasteiger partial charge is 0.484 e. The summed E-state index contributed by atoms with van der Waals surface area (Å²) in [6.07, 6.45) is 0. The smallest absolute Gasteiger partial charge is 0.178 e. The molecule has 3 aliphatic rings. The van der Waals surface area contributed by atoms with Crippen LogP contribution in [0.1, 0.15) is 0 Å². The Morgan fingerprint density at radius 2 is 1.56 bits per heavy atom. The predicted molar refractivity (Wildman–Crippen MR) is 85.8 cm³/mol. The lowest BCUT2D eigenvalue weighted by Crippen LogP contribution is -2.00. The maximum Gasteiger partial charge on any atom is 0.178 e. The van der Waals surface area contributed by atoms with Crippen LogP contribution in [0.2, 0.25) is 0 Å². The minimum absolute atomic E-state index is 0.847. The third-order valence-electron chi connectivity index (χ3n) is 2.51. The van der Waals surface area contributed by atoms with Crippen molar-refractivity contribution in [3.05, 3.63) is 42.1 Å². The van der Waals surface area contributed by atoms with Crippen molar-refractivity contribution in [3.63, 3.8) is 0 Å². The van der Waals surface area contributed by atoms with Gasteiger partial charge in [-0.2, -0.15) is 0 Å². The molecule has 0 aliphatic carbocycles. The molecular weight excluding hydrogens is 320 g/mol. The second-order valence-electron chi connectivity index (χ2n) is 3.70. The van der Waals surface area contributed by atoms with E-state index in [0.717, 1.165) is 17.5 Å². The standard InChI is InChI=1S/C12H8OS5/c1-2-4-8-7(3-1)15-11(16-8)12-17-9-10(18-12)14-6-5-13-9/h1-4H,5-6H2. The Morgan fingerprint density at radius 3 is 2.28 bits per heavy atom. The van der Waals surface area contributed by atoms with E-state index in [-0.39, 0.29) is 0 Å². The van der Waals surface area contributed by atoms with E-state index in [0.29, 0.717) is 0 Å². The van der Waals surface area contributed by atoms with E-state index in [2.05, 4.69) is 24.3 Å². The molecule has 0 saturated carbocycles. The van der Waals surface area contributed by atoms with Crippen LogP contribution in [0, 0.1) is 0 Å². The zero-order chi connectivity index (χ0) is 11.9. The third kappa shape index (κ3) is 2.12. The van der Waals surface area contributed by atoms with Gasteiger partial charge in [0.1, 0.15) is 0 Å². The van der Waals surface area contributed by atoms with Crippen LogP contribution >= 0.6 is 58.8 Å². The van der Waals surface area contributed by atoms with E-state index >= 15 is 0 Å². The van der Waals surface area contributed by atoms with Gasteiger partial charge in [-0.1, -0.05) is 47.4 Å². The topological polar surface area (TPSA) is 9.23 Å². The van der Waals surface area contributed by atoms with Crippen molar-refractivity contribution in [2.75, 3.05) is 12.4 Å². The molecule has 3 heterocycles. The fourth-order valence-electron chi connectivity index (χ4n) is 1.72. The zero-order valence-corrected chi connectivity index (χ0v) is 13.3. The Hall–Kier alpha value is 0.250. The average molecular weight is 329 g/mol. The Balaban J connectivity index is 1.62. The molecule has 4 rings (SSSR count). The molecule has 92 valence electrons. The maximum absolute atomic E-state index is 5.72. The molecule has 3 aliphatic heterocycles. The fraction of sp³-hybridized carbons (Fsp3) is 0.167. The summed E-state index contributed by atoms with van der Waals surface area (Å²) in [6.45, 7) is 0.847. The molecule has 0 radical (unpaired) electrons. The van der Waals surface area contributed by atoms with E-state index in [1.54, 1.807) is 11.8 Å². The van der Waals surface area contributed by atoms with Crippen LogP contribution in [0.5, 0.6) is 0 Å². The molecule has 0 unspecified atom stereocenters. The molecule has 0 fully saturated rings. The van der Waals surface area contributed by atoms with Crippen molar-refractivity contribution in [1.82, 2.24) is 0 Å². The average Bonchev–Trinajstić information content (AvgIpc) is 3.02. The van der Waals surface area contributed by atoms with Crippen molar-refractivity contribution in [2.24, 2.45) is 0 Å². The van der Waals surface area contributed by atoms with Gasteiger partial charge in [-0.25, -0.2) is 0 Å². The van der Waals surface area contributed by atoms with Crippen molar-refractivity contribution < 1.29 is 4.74 Å². The SMILES string of the molecule is c1ccc2c(c1)SC(=C1SC3=C(SCCO3)S1)S2. The van der Waals surface area contributed by atoms with Crippen molar-refractivity contribution >= 4 is 58.8 Å². The van der Waals surface area contributed by atoms with Gasteiger partial charge in [0.25, 0.3) is 0 Å². The van der Waals surface area contributed by atoms with Crippen molar-refractivity contribution in [2.45, 2.75) is 9.79 Å². The highest BCUT2D eigenvalue weighted by molar-refractivity contribution is 8.37. The van der Waals surface area contributed by atoms with Gasteiger partial charge >= 0.3 is 0 Å². The molecule has 1 aromatic carbocycles. The van der Waals surface area contributed by atoms with Gasteiger partial charge in [0.05, 0.1) is 19.3 Å². The molecule has 6 heteroatoms. The van der Waals surface area contributed by atoms with Crippen LogP contribution < -0.4 is 0 Å². The first-order valence-electron chi connectivity index (χ1n) is 5.45. The third-order valence-corrected chi connectivity index (χ3v) is 9.42. The van der Waals surface area contributed by atoms with Gasteiger partial charge < -0.3 is 4.74 Å². The fourth-order valence-corrected chi connectivity index (χ4v) is 8.37. The van der Waals surface area contributed by atoms with E-state index in [1.165, 1.54) is 22.5 Å². The summed E-state index contributed by atoms with van der Waals surface area (Å²) in [5, 5.41) is 1.12. The summed E-state index contributed by atoms with van der Waals surface area (Å²) < 4.78 is 9.87. The molecule has 1 nitrogen and oxygen atoms in total. The molecule has 0 amide bonds. The maximum atomic E-state index is 5.72. The van der Waals surface area contributed by atoms with Gasteiger partial charge in [-0.15, -0.1) is 11.8 Å². The quantitative estimate of drug-likeness (QED) is 0.627. The highest BCUT2D eigenvalue weighted by Gasteiger charge is 2.31. The van der Waals surface area contributed by atoms with Crippen molar-refractivity contribution in [1.29, 1.82) is 0 Å². The van der Waals surface area contributed by atoms with Crippen LogP contribution in [-0.4, -0.2) is 12.4 Å². The first-order valence-corrected chi connectivity index (χ1v) is 9.70. The number of hydrogen-bond donors (Lipinski definition) is 0. The number of benzene rings is 1. The second kappa shape index (κ2) is 4.98. The first-order chi connectivity index (χ1) is 8.90. The molecule has 0 spiro atoms. The lowest BCUT2D eigenvalue weighted by molar-refractivity contribution is 0.259. The van der Waals surface area contributed by atoms with E-state index in [1.807, 2.05) is 47.0 Å². The summed E-state index contributed by atoms with van der Waals surface area (Å²) in [5.74, 6) is 1.08. The molecule has 0 N–H and O–H groups in total. The summed E-state index contributed by atoms with van der Waals surface area (Å²) in [6, 6.07) is 8.61. The lowest BCUT2D eigenvalue weighted by atomic mass is 10.4. The summed E-state index contributed by atoms with van der Waals surface area (Å²) in [7, 11) is 0. The van der Waals surface area contributed by atoms with Gasteiger partial charge in [0, 0.05) is 15.5 Å². The normalized spacial score (nSPS) is 22.0. The minimum atomic E-state index is 0.847. The Morgan fingerprint density at radius 1 is 0.833 bits per heavy atom. The van der Waals surface area contributed by atoms with E-state index in [9.17, 15) is 0 Å². The van der Waals surface area contributed by atoms with Gasteiger partial charge in [0.2, 0.25) is 0 Å². The van der Waals surface area contributed by atoms with Crippen LogP contribution in [0.3, 0.4) is 0 Å². The predicted octanol–water partition coefficient (Wildman–Crippen LogP) is 5.38. The number of fused-ring (bicyclic) bond motifs is 1. The Bertz CT molecular complexity index is 531. The Kier molecular flexibility index (Phi) is 3.33. The van der Waals surface area contributed by atoms with Crippen LogP contribution in [-0.2, 0) is 4.74 Å². The van der Waals surface area contributed by atoms with Crippen LogP contribution in [0.4, 0.5) is 0 Å². The summed E-state index contributed by atoms with van der Waals surface area (Å²) >= 11 is 9.38. The molecular formula is C12H8OS5. The van der Waals surface area contributed by atoms with E-state index in [4.69, 9.17) is 4.74 Å². The highest BCUT2D eigenvalue weighted by atomic mass is 32.2. The van der Waals surface area contributed by atoms with Crippen molar-refractivity contribution in [3.8, 4) is 0 Å². The molecule has 1 aromatic rings. The number of thioether (sulfide) groups is 5. The molecule has 0 aromatic heterocycles. The number of hydrogen-bond acceptors (Lipinski definition) is 6. The highest BCUT2D eigenvalue weighted by Crippen LogP contribution is 2.62. The molecule has 0 bridgehead atoms. The summed E-state index contributed by atoms with van der Waals surface area (Å²) in [5.41, 5.74) is 0. The second-order valence-corrected chi connectivity index (χ2v) is 9.69. The minimum Gasteiger partial charge on any atom is -0.484 e. The molecule has 0 atom stereocenters.